The molecular formula is C22H33N5O2. The Labute approximate surface area is 173 Å². The topological polar surface area (TPSA) is 76.2 Å². The number of benzene rings is 1. The average Bonchev–Trinajstić information content (AvgIpc) is 3.04. The van der Waals surface area contributed by atoms with Crippen molar-refractivity contribution in [3.63, 3.8) is 0 Å². The summed E-state index contributed by atoms with van der Waals surface area (Å²) in [5.41, 5.74) is 2.99. The minimum atomic E-state index is -0.379. The number of unbranched alkanes of at least 4 members (excludes halogenated alkanes) is 1. The number of likely N-dealkylation sites (tertiary alicyclic amines) is 1. The van der Waals surface area contributed by atoms with Gasteiger partial charge in [0.05, 0.1) is 10.6 Å². The van der Waals surface area contributed by atoms with E-state index in [0.29, 0.717) is 0 Å². The Morgan fingerprint density at radius 2 is 1.86 bits per heavy atom. The third kappa shape index (κ3) is 6.11. The van der Waals surface area contributed by atoms with E-state index in [1.54, 1.807) is 16.8 Å². The number of nitrogens with zero attached hydrogens (tertiary/aromatic N) is 4. The van der Waals surface area contributed by atoms with Crippen LogP contribution in [0.4, 0.5) is 5.69 Å². The van der Waals surface area contributed by atoms with Crippen molar-refractivity contribution in [3.8, 4) is 11.3 Å². The molecular weight excluding hydrogens is 366 g/mol. The molecule has 1 saturated heterocycles. The van der Waals surface area contributed by atoms with Crippen LogP contribution in [0.15, 0.2) is 30.5 Å². The Kier molecular flexibility index (Phi) is 7.39. The van der Waals surface area contributed by atoms with Gasteiger partial charge in [-0.2, -0.15) is 5.10 Å². The maximum absolute atomic E-state index is 10.9. The van der Waals surface area contributed by atoms with Crippen molar-refractivity contribution in [3.05, 3.63) is 46.1 Å². The zero-order valence-corrected chi connectivity index (χ0v) is 17.8. The Bertz CT molecular complexity index is 792. The summed E-state index contributed by atoms with van der Waals surface area (Å²) in [6.07, 6.45) is 5.75. The van der Waals surface area contributed by atoms with Crippen LogP contribution in [0.25, 0.3) is 11.3 Å². The van der Waals surface area contributed by atoms with Gasteiger partial charge in [0.1, 0.15) is 0 Å². The van der Waals surface area contributed by atoms with Gasteiger partial charge in [-0.1, -0.05) is 13.8 Å². The molecule has 2 atom stereocenters. The molecule has 1 aliphatic heterocycles. The summed E-state index contributed by atoms with van der Waals surface area (Å²) < 4.78 is 1.80. The van der Waals surface area contributed by atoms with Crippen LogP contribution in [0.1, 0.15) is 38.7 Å². The highest BCUT2D eigenvalue weighted by Gasteiger charge is 2.21. The van der Waals surface area contributed by atoms with Gasteiger partial charge in [-0.25, -0.2) is 0 Å². The van der Waals surface area contributed by atoms with E-state index in [1.165, 1.54) is 44.6 Å². The van der Waals surface area contributed by atoms with Gasteiger partial charge in [0, 0.05) is 56.1 Å². The zero-order chi connectivity index (χ0) is 20.8. The first-order valence-corrected chi connectivity index (χ1v) is 10.6. The molecule has 0 bridgehead atoms. The van der Waals surface area contributed by atoms with Crippen LogP contribution in [0, 0.1) is 22.0 Å². The van der Waals surface area contributed by atoms with E-state index in [1.807, 2.05) is 13.2 Å². The number of aromatic nitrogens is 2. The van der Waals surface area contributed by atoms with E-state index in [2.05, 4.69) is 29.2 Å². The van der Waals surface area contributed by atoms with Crippen molar-refractivity contribution in [1.82, 2.24) is 20.0 Å². The second-order valence-corrected chi connectivity index (χ2v) is 8.57. The van der Waals surface area contributed by atoms with Crippen LogP contribution < -0.4 is 5.32 Å². The molecule has 0 saturated carbocycles. The van der Waals surface area contributed by atoms with Gasteiger partial charge < -0.3 is 10.2 Å². The Hall–Kier alpha value is -2.25. The largest absolute Gasteiger partial charge is 0.313 e. The first-order valence-electron chi connectivity index (χ1n) is 10.6. The van der Waals surface area contributed by atoms with Crippen LogP contribution in [-0.4, -0.2) is 45.8 Å². The molecule has 0 radical (unpaired) electrons. The van der Waals surface area contributed by atoms with Gasteiger partial charge in [0.15, 0.2) is 0 Å². The van der Waals surface area contributed by atoms with Gasteiger partial charge >= 0.3 is 0 Å². The lowest BCUT2D eigenvalue weighted by Gasteiger charge is -2.34. The van der Waals surface area contributed by atoms with Crippen molar-refractivity contribution < 1.29 is 4.92 Å². The lowest BCUT2D eigenvalue weighted by Crippen LogP contribution is -2.39. The van der Waals surface area contributed by atoms with Crippen LogP contribution in [0.5, 0.6) is 0 Å². The molecule has 1 N–H and O–H groups in total. The molecule has 2 heterocycles. The van der Waals surface area contributed by atoms with Gasteiger partial charge in [0.2, 0.25) is 0 Å². The maximum atomic E-state index is 10.9. The number of hydrogen-bond acceptors (Lipinski definition) is 5. The molecule has 0 amide bonds. The van der Waals surface area contributed by atoms with Crippen molar-refractivity contribution in [1.29, 1.82) is 0 Å². The third-order valence-corrected chi connectivity index (χ3v) is 5.59. The highest BCUT2D eigenvalue weighted by atomic mass is 16.6. The Balaban J connectivity index is 1.45. The van der Waals surface area contributed by atoms with Crippen LogP contribution in [0.3, 0.4) is 0 Å². The number of hydrogen-bond donors (Lipinski definition) is 1. The maximum Gasteiger partial charge on any atom is 0.269 e. The molecule has 2 aromatic rings. The first-order chi connectivity index (χ1) is 13.9. The van der Waals surface area contributed by atoms with Crippen molar-refractivity contribution in [2.45, 2.75) is 39.7 Å². The molecule has 3 rings (SSSR count). The smallest absolute Gasteiger partial charge is 0.269 e. The predicted molar refractivity (Wildman–Crippen MR) is 116 cm³/mol. The monoisotopic (exact) mass is 399 g/mol. The van der Waals surface area contributed by atoms with E-state index >= 15 is 0 Å². The SMILES string of the molecule is CC1CC(C)CN(CCCCNCc2cn(C)nc2-c2ccc([N+](=O)[O-])cc2)C1. The third-order valence-electron chi connectivity index (χ3n) is 5.59. The van der Waals surface area contributed by atoms with Gasteiger partial charge in [0.25, 0.3) is 5.69 Å². The second kappa shape index (κ2) is 9.98. The first kappa shape index (κ1) is 21.5. The summed E-state index contributed by atoms with van der Waals surface area (Å²) in [6.45, 7) is 10.1. The summed E-state index contributed by atoms with van der Waals surface area (Å²) in [5, 5.41) is 18.9. The fourth-order valence-electron chi connectivity index (χ4n) is 4.43. The molecule has 0 spiro atoms. The Morgan fingerprint density at radius 1 is 1.17 bits per heavy atom. The highest BCUT2D eigenvalue weighted by molar-refractivity contribution is 5.64. The lowest BCUT2D eigenvalue weighted by atomic mass is 9.92. The number of piperidine rings is 1. The molecule has 1 aliphatic rings. The molecule has 1 aromatic carbocycles. The standard InChI is InChI=1S/C22H33N5O2/c1-17-12-18(2)15-26(14-17)11-5-4-10-23-13-20-16-25(3)24-22(20)19-6-8-21(9-7-19)27(28)29/h6-9,16-18,23H,4-5,10-15H2,1-3H3. The number of nitro groups is 1. The Morgan fingerprint density at radius 3 is 2.52 bits per heavy atom. The predicted octanol–water partition coefficient (Wildman–Crippen LogP) is 3.84. The van der Waals surface area contributed by atoms with E-state index in [0.717, 1.165) is 48.2 Å². The van der Waals surface area contributed by atoms with Crippen molar-refractivity contribution in [2.75, 3.05) is 26.2 Å². The van der Waals surface area contributed by atoms with E-state index < -0.39 is 0 Å². The second-order valence-electron chi connectivity index (χ2n) is 8.57. The summed E-state index contributed by atoms with van der Waals surface area (Å²) in [4.78, 5) is 13.1. The van der Waals surface area contributed by atoms with E-state index in [9.17, 15) is 10.1 Å². The van der Waals surface area contributed by atoms with Crippen LogP contribution >= 0.6 is 0 Å². The molecule has 0 aliphatic carbocycles. The van der Waals surface area contributed by atoms with E-state index in [-0.39, 0.29) is 10.6 Å². The van der Waals surface area contributed by atoms with Gasteiger partial charge in [-0.05, 0) is 56.3 Å². The molecule has 1 aromatic heterocycles. The molecule has 1 fully saturated rings. The summed E-state index contributed by atoms with van der Waals surface area (Å²) in [7, 11) is 1.90. The van der Waals surface area contributed by atoms with Crippen LogP contribution in [0.2, 0.25) is 0 Å². The minimum Gasteiger partial charge on any atom is -0.313 e. The fraction of sp³-hybridized carbons (Fsp3) is 0.591. The number of aryl methyl sites for hydroxylation is 1. The van der Waals surface area contributed by atoms with Crippen molar-refractivity contribution in [2.24, 2.45) is 18.9 Å². The molecule has 29 heavy (non-hydrogen) atoms. The van der Waals surface area contributed by atoms with Gasteiger partial charge in [-0.15, -0.1) is 0 Å². The lowest BCUT2D eigenvalue weighted by molar-refractivity contribution is -0.384. The molecule has 7 nitrogen and oxygen atoms in total. The molecule has 158 valence electrons. The number of nitro benzene ring substituents is 1. The van der Waals surface area contributed by atoms with Gasteiger partial charge in [-0.3, -0.25) is 14.8 Å². The van der Waals surface area contributed by atoms with Crippen molar-refractivity contribution >= 4 is 5.69 Å². The summed E-state index contributed by atoms with van der Waals surface area (Å²) in [6, 6.07) is 6.60. The zero-order valence-electron chi connectivity index (χ0n) is 17.8. The number of rotatable bonds is 9. The number of nitrogens with one attached hydrogen (secondary N) is 1. The molecule has 2 unspecified atom stereocenters. The quantitative estimate of drug-likeness (QED) is 0.394. The van der Waals surface area contributed by atoms with E-state index in [4.69, 9.17) is 0 Å². The minimum absolute atomic E-state index is 0.0989. The average molecular weight is 400 g/mol. The molecule has 7 heteroatoms. The number of non-ortho nitro benzene ring substituents is 1. The summed E-state index contributed by atoms with van der Waals surface area (Å²) >= 11 is 0. The fourth-order valence-corrected chi connectivity index (χ4v) is 4.43. The highest BCUT2D eigenvalue weighted by Crippen LogP contribution is 2.24. The summed E-state index contributed by atoms with van der Waals surface area (Å²) in [5.74, 6) is 1.64. The van der Waals surface area contributed by atoms with Crippen LogP contribution in [-0.2, 0) is 13.6 Å². The normalized spacial score (nSPS) is 20.1.